The monoisotopic (exact) mass is 400 g/mol. The van der Waals surface area contributed by atoms with Gasteiger partial charge in [-0.1, -0.05) is 30.3 Å². The first-order valence-electron chi connectivity index (χ1n) is 7.68. The van der Waals surface area contributed by atoms with Crippen LogP contribution >= 0.6 is 11.8 Å². The fourth-order valence-electron chi connectivity index (χ4n) is 2.01. The van der Waals surface area contributed by atoms with Gasteiger partial charge in [-0.05, 0) is 29.8 Å². The molecule has 0 aromatic heterocycles. The molecule has 0 bridgehead atoms. The van der Waals surface area contributed by atoms with Gasteiger partial charge >= 0.3 is 11.8 Å². The minimum Gasteiger partial charge on any atom is -0.337 e. The number of benzene rings is 2. The van der Waals surface area contributed by atoms with Crippen LogP contribution in [0.15, 0.2) is 59.5 Å². The number of carbonyl (C=O) groups excluding carboxylic acids is 1. The normalized spacial score (nSPS) is 11.3. The van der Waals surface area contributed by atoms with Gasteiger partial charge in [0.2, 0.25) is 9.84 Å². The summed E-state index contributed by atoms with van der Waals surface area (Å²) in [6.07, 6.45) is 0. The lowest BCUT2D eigenvalue weighted by molar-refractivity contribution is 0.234. The number of hydrogen-bond donors (Lipinski definition) is 2. The number of rotatable bonds is 8. The fourth-order valence-corrected chi connectivity index (χ4v) is 3.55. The van der Waals surface area contributed by atoms with Gasteiger partial charge in [-0.25, -0.2) is 13.2 Å². The fraction of sp³-hybridized carbons (Fsp3) is 0.235. The number of sulfone groups is 1. The minimum atomic E-state index is -4.63. The van der Waals surface area contributed by atoms with Crippen LogP contribution in [0.1, 0.15) is 5.56 Å². The average Bonchev–Trinajstić information content (AvgIpc) is 2.62. The molecule has 0 aliphatic heterocycles. The van der Waals surface area contributed by atoms with Crippen molar-refractivity contribution in [1.29, 1.82) is 0 Å². The Balaban J connectivity index is 1.72. The Kier molecular flexibility index (Phi) is 7.40. The van der Waals surface area contributed by atoms with Crippen molar-refractivity contribution >= 4 is 33.3 Å². The second kappa shape index (κ2) is 9.54. The van der Waals surface area contributed by atoms with Crippen LogP contribution in [0.25, 0.3) is 0 Å². The highest BCUT2D eigenvalue weighted by Crippen LogP contribution is 2.20. The molecule has 2 aromatic carbocycles. The Morgan fingerprint density at radius 1 is 1.04 bits per heavy atom. The maximum atomic E-state index is 12.4. The van der Waals surface area contributed by atoms with E-state index in [9.17, 15) is 22.0 Å². The number of carbonyl (C=O) groups is 1. The Labute approximate surface area is 155 Å². The molecule has 26 heavy (non-hydrogen) atoms. The van der Waals surface area contributed by atoms with Gasteiger partial charge in [0, 0.05) is 23.7 Å². The van der Waals surface area contributed by atoms with Gasteiger partial charge in [-0.3, -0.25) is 0 Å². The molecule has 0 aliphatic rings. The third-order valence-electron chi connectivity index (χ3n) is 3.32. The van der Waals surface area contributed by atoms with Crippen LogP contribution in [0, 0.1) is 0 Å². The zero-order valence-corrected chi connectivity index (χ0v) is 15.3. The SMILES string of the molecule is O=C(NCCSCc1ccccc1)Nc1ccc(S(=O)(=O)C(F)F)cc1. The first-order valence-corrected chi connectivity index (χ1v) is 10.4. The summed E-state index contributed by atoms with van der Waals surface area (Å²) in [5.74, 6) is -1.89. The van der Waals surface area contributed by atoms with Gasteiger partial charge in [-0.2, -0.15) is 20.5 Å². The van der Waals surface area contributed by atoms with Crippen molar-refractivity contribution in [2.24, 2.45) is 0 Å². The molecule has 0 radical (unpaired) electrons. The van der Waals surface area contributed by atoms with Gasteiger partial charge in [-0.15, -0.1) is 0 Å². The number of urea groups is 1. The number of anilines is 1. The molecule has 2 amide bonds. The zero-order chi connectivity index (χ0) is 19.0. The lowest BCUT2D eigenvalue weighted by atomic mass is 10.2. The first-order chi connectivity index (χ1) is 12.4. The van der Waals surface area contributed by atoms with E-state index in [4.69, 9.17) is 0 Å². The number of hydrogen-bond acceptors (Lipinski definition) is 4. The van der Waals surface area contributed by atoms with Crippen LogP contribution in [0.4, 0.5) is 19.3 Å². The predicted molar refractivity (Wildman–Crippen MR) is 99.3 cm³/mol. The standard InChI is InChI=1S/C17H18F2N2O3S2/c18-16(19)26(23,24)15-8-6-14(7-9-15)21-17(22)20-10-11-25-12-13-4-2-1-3-5-13/h1-9,16H,10-12H2,(H2,20,21,22). The summed E-state index contributed by atoms with van der Waals surface area (Å²) < 4.78 is 47.5. The highest BCUT2D eigenvalue weighted by molar-refractivity contribution is 7.98. The van der Waals surface area contributed by atoms with Crippen LogP contribution in [0.5, 0.6) is 0 Å². The third-order valence-corrected chi connectivity index (χ3v) is 5.75. The number of nitrogens with one attached hydrogen (secondary N) is 2. The van der Waals surface area contributed by atoms with Crippen molar-refractivity contribution in [1.82, 2.24) is 5.32 Å². The number of halogens is 2. The molecule has 0 unspecified atom stereocenters. The second-order valence-electron chi connectivity index (χ2n) is 5.25. The lowest BCUT2D eigenvalue weighted by Gasteiger charge is -2.09. The van der Waals surface area contributed by atoms with E-state index in [1.54, 1.807) is 11.8 Å². The maximum Gasteiger partial charge on any atom is 0.341 e. The Morgan fingerprint density at radius 2 is 1.69 bits per heavy atom. The molecule has 140 valence electrons. The quantitative estimate of drug-likeness (QED) is 0.662. The summed E-state index contributed by atoms with van der Waals surface area (Å²) >= 11 is 1.68. The van der Waals surface area contributed by atoms with Crippen LogP contribution < -0.4 is 10.6 Å². The van der Waals surface area contributed by atoms with Crippen LogP contribution in [-0.4, -0.2) is 32.5 Å². The smallest absolute Gasteiger partial charge is 0.337 e. The second-order valence-corrected chi connectivity index (χ2v) is 8.27. The van der Waals surface area contributed by atoms with Gasteiger partial charge in [0.15, 0.2) is 0 Å². The van der Waals surface area contributed by atoms with E-state index in [0.29, 0.717) is 12.2 Å². The molecule has 9 heteroatoms. The van der Waals surface area contributed by atoms with E-state index in [2.05, 4.69) is 10.6 Å². The van der Waals surface area contributed by atoms with E-state index in [0.717, 1.165) is 23.6 Å². The maximum absolute atomic E-state index is 12.4. The summed E-state index contributed by atoms with van der Waals surface area (Å²) in [7, 11) is -4.63. The largest absolute Gasteiger partial charge is 0.341 e. The van der Waals surface area contributed by atoms with E-state index >= 15 is 0 Å². The molecule has 0 spiro atoms. The molecule has 0 saturated carbocycles. The molecular formula is C17H18F2N2O3S2. The summed E-state index contributed by atoms with van der Waals surface area (Å²) in [6.45, 7) is 0.460. The van der Waals surface area contributed by atoms with Crippen molar-refractivity contribution in [3.8, 4) is 0 Å². The first kappa shape index (κ1) is 20.2. The van der Waals surface area contributed by atoms with Gasteiger partial charge < -0.3 is 10.6 Å². The van der Waals surface area contributed by atoms with Crippen LogP contribution in [0.3, 0.4) is 0 Å². The zero-order valence-electron chi connectivity index (χ0n) is 13.7. The molecular weight excluding hydrogens is 382 g/mol. The van der Waals surface area contributed by atoms with Gasteiger partial charge in [0.05, 0.1) is 4.90 Å². The van der Waals surface area contributed by atoms with E-state index in [-0.39, 0.29) is 0 Å². The Bertz CT molecular complexity index is 814. The van der Waals surface area contributed by atoms with E-state index < -0.39 is 26.5 Å². The summed E-state index contributed by atoms with van der Waals surface area (Å²) in [4.78, 5) is 11.3. The highest BCUT2D eigenvalue weighted by Gasteiger charge is 2.26. The summed E-state index contributed by atoms with van der Waals surface area (Å²) in [6, 6.07) is 14.1. The average molecular weight is 400 g/mol. The van der Waals surface area contributed by atoms with E-state index in [1.807, 2.05) is 30.3 Å². The minimum absolute atomic E-state index is 0.313. The highest BCUT2D eigenvalue weighted by atomic mass is 32.2. The summed E-state index contributed by atoms with van der Waals surface area (Å²) in [5, 5.41) is 5.19. The van der Waals surface area contributed by atoms with E-state index in [1.165, 1.54) is 17.7 Å². The third kappa shape index (κ3) is 5.99. The lowest BCUT2D eigenvalue weighted by Crippen LogP contribution is -2.30. The van der Waals surface area contributed by atoms with Crippen molar-refractivity contribution in [2.45, 2.75) is 16.4 Å². The summed E-state index contributed by atoms with van der Waals surface area (Å²) in [5.41, 5.74) is 1.52. The van der Waals surface area contributed by atoms with Crippen molar-refractivity contribution in [3.63, 3.8) is 0 Å². The number of thioether (sulfide) groups is 1. The molecule has 2 rings (SSSR count). The topological polar surface area (TPSA) is 75.3 Å². The van der Waals surface area contributed by atoms with Crippen molar-refractivity contribution in [3.05, 3.63) is 60.2 Å². The van der Waals surface area contributed by atoms with Gasteiger partial charge in [0.25, 0.3) is 0 Å². The Hall–Kier alpha value is -2.13. The molecule has 0 aliphatic carbocycles. The number of amides is 2. The number of alkyl halides is 2. The molecule has 0 fully saturated rings. The molecule has 0 atom stereocenters. The molecule has 2 aromatic rings. The molecule has 0 heterocycles. The Morgan fingerprint density at radius 3 is 2.31 bits per heavy atom. The van der Waals surface area contributed by atoms with Gasteiger partial charge in [0.1, 0.15) is 0 Å². The molecule has 2 N–H and O–H groups in total. The van der Waals surface area contributed by atoms with Crippen molar-refractivity contribution < 1.29 is 22.0 Å². The van der Waals surface area contributed by atoms with Crippen LogP contribution in [-0.2, 0) is 15.6 Å². The van der Waals surface area contributed by atoms with Crippen molar-refractivity contribution in [2.75, 3.05) is 17.6 Å². The molecule has 0 saturated heterocycles. The van der Waals surface area contributed by atoms with Crippen LogP contribution in [0.2, 0.25) is 0 Å². The molecule has 5 nitrogen and oxygen atoms in total. The predicted octanol–water partition coefficient (Wildman–Crippen LogP) is 3.74.